The lowest BCUT2D eigenvalue weighted by molar-refractivity contribution is -0.140. The third-order valence-corrected chi connectivity index (χ3v) is 5.46. The van der Waals surface area contributed by atoms with Crippen LogP contribution in [0, 0.1) is 13.8 Å². The van der Waals surface area contributed by atoms with Crippen LogP contribution >= 0.6 is 0 Å². The molecule has 1 atom stereocenters. The lowest BCUT2D eigenvalue weighted by Crippen LogP contribution is -2.52. The number of carbonyl (C=O) groups excluding carboxylic acids is 3. The number of para-hydroxylation sites is 1. The quantitative estimate of drug-likeness (QED) is 0.783. The van der Waals surface area contributed by atoms with Crippen LogP contribution in [0.3, 0.4) is 0 Å². The summed E-state index contributed by atoms with van der Waals surface area (Å²) in [5.41, 5.74) is 0.973. The van der Waals surface area contributed by atoms with Crippen LogP contribution < -0.4 is 10.2 Å². The third kappa shape index (κ3) is 2.40. The minimum Gasteiger partial charge on any atom is -0.503 e. The van der Waals surface area contributed by atoms with Crippen LogP contribution in [-0.4, -0.2) is 29.5 Å². The summed E-state index contributed by atoms with van der Waals surface area (Å²) in [4.78, 5) is 40.5. The number of aliphatic hydroxyl groups is 1. The van der Waals surface area contributed by atoms with Gasteiger partial charge < -0.3 is 15.2 Å². The van der Waals surface area contributed by atoms with Crippen LogP contribution in [0.1, 0.15) is 23.6 Å². The lowest BCUT2D eigenvalue weighted by Gasteiger charge is -2.34. The Balaban J connectivity index is 2.05. The number of hydrogen-bond donors (Lipinski definition) is 2. The fourth-order valence-electron chi connectivity index (χ4n) is 3.98. The van der Waals surface area contributed by atoms with E-state index in [1.165, 1.54) is 4.90 Å². The van der Waals surface area contributed by atoms with Crippen LogP contribution in [0.2, 0.25) is 0 Å². The number of fused-ring (bicyclic) bond motifs is 2. The smallest absolute Gasteiger partial charge is 0.341 e. The molecule has 148 valence electrons. The van der Waals surface area contributed by atoms with Crippen LogP contribution in [0.5, 0.6) is 0 Å². The van der Waals surface area contributed by atoms with Crippen molar-refractivity contribution in [2.75, 3.05) is 16.8 Å². The first-order chi connectivity index (χ1) is 13.8. The van der Waals surface area contributed by atoms with Gasteiger partial charge in [-0.15, -0.1) is 0 Å². The SMILES string of the molecule is CCOC(=O)C1=C(O)C(=O)N(c2ccc(C)c(C)c2)C12C(=O)Nc1ccccc12. The Hall–Kier alpha value is -3.61. The summed E-state index contributed by atoms with van der Waals surface area (Å²) in [5.74, 6) is -3.12. The van der Waals surface area contributed by atoms with Crippen molar-refractivity contribution in [2.45, 2.75) is 26.3 Å². The number of rotatable bonds is 3. The molecule has 0 radical (unpaired) electrons. The van der Waals surface area contributed by atoms with E-state index in [2.05, 4.69) is 5.32 Å². The minimum absolute atomic E-state index is 0.0345. The molecule has 2 aliphatic rings. The van der Waals surface area contributed by atoms with Gasteiger partial charge in [-0.05, 0) is 50.1 Å². The number of nitrogens with zero attached hydrogens (tertiary/aromatic N) is 1. The number of ether oxygens (including phenoxy) is 1. The summed E-state index contributed by atoms with van der Waals surface area (Å²) >= 11 is 0. The second kappa shape index (κ2) is 6.48. The van der Waals surface area contributed by atoms with Crippen molar-refractivity contribution in [3.63, 3.8) is 0 Å². The van der Waals surface area contributed by atoms with Crippen molar-refractivity contribution < 1.29 is 24.2 Å². The second-order valence-corrected chi connectivity index (χ2v) is 7.06. The summed E-state index contributed by atoms with van der Waals surface area (Å²) in [6, 6.07) is 12.1. The van der Waals surface area contributed by atoms with Gasteiger partial charge in [0.1, 0.15) is 5.57 Å². The van der Waals surface area contributed by atoms with Crippen molar-refractivity contribution in [3.05, 3.63) is 70.5 Å². The van der Waals surface area contributed by atoms with Gasteiger partial charge in [-0.3, -0.25) is 14.5 Å². The highest BCUT2D eigenvalue weighted by Gasteiger charge is 2.65. The molecule has 0 saturated carbocycles. The summed E-state index contributed by atoms with van der Waals surface area (Å²) in [6.07, 6.45) is 0. The Morgan fingerprint density at radius 2 is 1.86 bits per heavy atom. The maximum atomic E-state index is 13.3. The Labute approximate surface area is 167 Å². The molecule has 0 aliphatic carbocycles. The van der Waals surface area contributed by atoms with E-state index in [-0.39, 0.29) is 12.2 Å². The molecule has 7 nitrogen and oxygen atoms in total. The average Bonchev–Trinajstić information content (AvgIpc) is 3.10. The zero-order chi connectivity index (χ0) is 20.9. The minimum atomic E-state index is -1.84. The van der Waals surface area contributed by atoms with E-state index in [0.29, 0.717) is 16.9 Å². The standard InChI is InChI=1S/C22H20N2O5/c1-4-29-20(27)17-18(25)19(26)24(14-10-9-12(2)13(3)11-14)22(17)15-7-5-6-8-16(15)23-21(22)28/h5-11,25H,4H2,1-3H3,(H,23,28). The van der Waals surface area contributed by atoms with E-state index in [1.807, 2.05) is 19.9 Å². The summed E-state index contributed by atoms with van der Waals surface area (Å²) < 4.78 is 5.11. The number of nitrogens with one attached hydrogen (secondary N) is 1. The van der Waals surface area contributed by atoms with E-state index >= 15 is 0 Å². The zero-order valence-electron chi connectivity index (χ0n) is 16.3. The summed E-state index contributed by atoms with van der Waals surface area (Å²) in [6.45, 7) is 5.46. The maximum absolute atomic E-state index is 13.3. The highest BCUT2D eigenvalue weighted by atomic mass is 16.5. The van der Waals surface area contributed by atoms with Crippen LogP contribution in [0.25, 0.3) is 0 Å². The van der Waals surface area contributed by atoms with Crippen molar-refractivity contribution in [3.8, 4) is 0 Å². The highest BCUT2D eigenvalue weighted by Crippen LogP contribution is 2.52. The molecule has 0 aromatic heterocycles. The van der Waals surface area contributed by atoms with Crippen molar-refractivity contribution >= 4 is 29.2 Å². The molecule has 2 aromatic rings. The second-order valence-electron chi connectivity index (χ2n) is 7.06. The molecule has 0 bridgehead atoms. The van der Waals surface area contributed by atoms with Crippen molar-refractivity contribution in [1.29, 1.82) is 0 Å². The third-order valence-electron chi connectivity index (χ3n) is 5.46. The van der Waals surface area contributed by atoms with Crippen LogP contribution in [0.4, 0.5) is 11.4 Å². The molecule has 2 heterocycles. The van der Waals surface area contributed by atoms with Gasteiger partial charge in [-0.25, -0.2) is 4.79 Å². The molecule has 2 aliphatic heterocycles. The molecule has 0 saturated heterocycles. The van der Waals surface area contributed by atoms with E-state index in [1.54, 1.807) is 43.3 Å². The van der Waals surface area contributed by atoms with E-state index in [0.717, 1.165) is 11.1 Å². The van der Waals surface area contributed by atoms with Crippen molar-refractivity contribution in [2.24, 2.45) is 0 Å². The number of aryl methyl sites for hydroxylation is 2. The average molecular weight is 392 g/mol. The number of esters is 1. The molecular formula is C22H20N2O5. The Bertz CT molecular complexity index is 1100. The lowest BCUT2D eigenvalue weighted by atomic mass is 9.83. The zero-order valence-corrected chi connectivity index (χ0v) is 16.3. The molecule has 7 heteroatoms. The Morgan fingerprint density at radius 3 is 2.55 bits per heavy atom. The monoisotopic (exact) mass is 392 g/mol. The van der Waals surface area contributed by atoms with Gasteiger partial charge in [-0.2, -0.15) is 0 Å². The van der Waals surface area contributed by atoms with Gasteiger partial charge in [0.15, 0.2) is 11.3 Å². The predicted molar refractivity (Wildman–Crippen MR) is 106 cm³/mol. The number of carbonyl (C=O) groups is 3. The van der Waals surface area contributed by atoms with E-state index in [4.69, 9.17) is 4.74 Å². The molecule has 0 fully saturated rings. The number of anilines is 2. The predicted octanol–water partition coefficient (Wildman–Crippen LogP) is 2.87. The topological polar surface area (TPSA) is 95.9 Å². The van der Waals surface area contributed by atoms with Crippen molar-refractivity contribution in [1.82, 2.24) is 0 Å². The van der Waals surface area contributed by atoms with Gasteiger partial charge in [0.2, 0.25) is 0 Å². The van der Waals surface area contributed by atoms with Gasteiger partial charge in [-0.1, -0.05) is 24.3 Å². The first kappa shape index (κ1) is 18.7. The first-order valence-electron chi connectivity index (χ1n) is 9.27. The van der Waals surface area contributed by atoms with Gasteiger partial charge in [0.25, 0.3) is 11.8 Å². The van der Waals surface area contributed by atoms with Crippen LogP contribution in [-0.2, 0) is 24.7 Å². The molecule has 2 amide bonds. The van der Waals surface area contributed by atoms with Gasteiger partial charge in [0.05, 0.1) is 6.61 Å². The molecule has 2 N–H and O–H groups in total. The summed E-state index contributed by atoms with van der Waals surface area (Å²) in [5, 5.41) is 13.4. The fraction of sp³-hybridized carbons (Fsp3) is 0.227. The molecule has 1 spiro atoms. The molecule has 2 aromatic carbocycles. The Kier molecular flexibility index (Phi) is 4.19. The molecule has 4 rings (SSSR count). The highest BCUT2D eigenvalue weighted by molar-refractivity contribution is 6.27. The molecule has 1 unspecified atom stereocenters. The number of amides is 2. The number of benzene rings is 2. The largest absolute Gasteiger partial charge is 0.503 e. The number of hydrogen-bond acceptors (Lipinski definition) is 5. The first-order valence-corrected chi connectivity index (χ1v) is 9.27. The normalized spacial score (nSPS) is 20.3. The van der Waals surface area contributed by atoms with Gasteiger partial charge in [0, 0.05) is 16.9 Å². The van der Waals surface area contributed by atoms with E-state index < -0.39 is 29.1 Å². The molecule has 29 heavy (non-hydrogen) atoms. The Morgan fingerprint density at radius 1 is 1.14 bits per heavy atom. The summed E-state index contributed by atoms with van der Waals surface area (Å²) in [7, 11) is 0. The van der Waals surface area contributed by atoms with E-state index in [9.17, 15) is 19.5 Å². The molecular weight excluding hydrogens is 372 g/mol. The van der Waals surface area contributed by atoms with Gasteiger partial charge >= 0.3 is 5.97 Å². The maximum Gasteiger partial charge on any atom is 0.341 e. The number of aliphatic hydroxyl groups excluding tert-OH is 1. The fourth-order valence-corrected chi connectivity index (χ4v) is 3.98. The van der Waals surface area contributed by atoms with Crippen LogP contribution in [0.15, 0.2) is 53.8 Å².